The maximum atomic E-state index is 12.5. The fraction of sp³-hybridized carbons (Fsp3) is 0.333. The average molecular weight is 355 g/mol. The van der Waals surface area contributed by atoms with Gasteiger partial charge in [0.05, 0.1) is 16.8 Å². The normalized spacial score (nSPS) is 16.4. The molecular formula is C18H17N3O3S. The average Bonchev–Trinajstić information content (AvgIpc) is 2.98. The molecular weight excluding hydrogens is 338 g/mol. The van der Waals surface area contributed by atoms with Gasteiger partial charge in [-0.25, -0.2) is 4.98 Å². The Morgan fingerprint density at radius 3 is 2.72 bits per heavy atom. The van der Waals surface area contributed by atoms with E-state index in [1.807, 2.05) is 0 Å². The molecule has 1 aliphatic carbocycles. The maximum Gasteiger partial charge on any atom is 0.261 e. The summed E-state index contributed by atoms with van der Waals surface area (Å²) in [5.74, 6) is -1.03. The van der Waals surface area contributed by atoms with E-state index in [2.05, 4.69) is 10.3 Å². The van der Waals surface area contributed by atoms with E-state index in [9.17, 15) is 14.4 Å². The summed E-state index contributed by atoms with van der Waals surface area (Å²) in [7, 11) is 1.44. The summed E-state index contributed by atoms with van der Waals surface area (Å²) in [4.78, 5) is 43.4. The topological polar surface area (TPSA) is 79.4 Å². The molecule has 1 N–H and O–H groups in total. The van der Waals surface area contributed by atoms with E-state index in [1.165, 1.54) is 41.8 Å². The van der Waals surface area contributed by atoms with Gasteiger partial charge >= 0.3 is 0 Å². The molecule has 0 spiro atoms. The third-order valence-electron chi connectivity index (χ3n) is 4.67. The molecule has 2 aliphatic rings. The van der Waals surface area contributed by atoms with E-state index < -0.39 is 0 Å². The van der Waals surface area contributed by atoms with Gasteiger partial charge in [0.25, 0.3) is 17.7 Å². The van der Waals surface area contributed by atoms with Crippen molar-refractivity contribution < 1.29 is 14.4 Å². The number of hydrogen-bond acceptors (Lipinski definition) is 5. The first-order chi connectivity index (χ1) is 12.0. The monoisotopic (exact) mass is 355 g/mol. The van der Waals surface area contributed by atoms with Crippen LogP contribution in [0.5, 0.6) is 0 Å². The van der Waals surface area contributed by atoms with Crippen molar-refractivity contribution in [2.45, 2.75) is 32.1 Å². The predicted molar refractivity (Wildman–Crippen MR) is 94.2 cm³/mol. The molecule has 6 nitrogen and oxygen atoms in total. The number of carbonyl (C=O) groups is 3. The summed E-state index contributed by atoms with van der Waals surface area (Å²) >= 11 is 1.53. The van der Waals surface area contributed by atoms with Crippen LogP contribution in [0.25, 0.3) is 0 Å². The molecule has 128 valence electrons. The summed E-state index contributed by atoms with van der Waals surface area (Å²) < 4.78 is 0. The van der Waals surface area contributed by atoms with Gasteiger partial charge in [-0.05, 0) is 43.9 Å². The second kappa shape index (κ2) is 6.07. The highest BCUT2D eigenvalue weighted by molar-refractivity contribution is 7.15. The predicted octanol–water partition coefficient (Wildman–Crippen LogP) is 2.89. The standard InChI is InChI=1S/C18H17N3O3S/c1-21-16(23)11-8-7-10(9-12(11)17(21)24)15(22)20-18-19-13-5-3-2-4-6-14(13)25-18/h7-9H,2-6H2,1H3,(H,19,20,22). The number of anilines is 1. The molecule has 0 saturated carbocycles. The highest BCUT2D eigenvalue weighted by Gasteiger charge is 2.33. The minimum absolute atomic E-state index is 0.273. The van der Waals surface area contributed by atoms with E-state index in [4.69, 9.17) is 0 Å². The second-order valence-corrected chi connectivity index (χ2v) is 7.42. The fourth-order valence-electron chi connectivity index (χ4n) is 3.25. The number of fused-ring (bicyclic) bond motifs is 2. The lowest BCUT2D eigenvalue weighted by atomic mass is 10.1. The summed E-state index contributed by atoms with van der Waals surface area (Å²) in [6.07, 6.45) is 5.50. The van der Waals surface area contributed by atoms with Crippen molar-refractivity contribution in [3.63, 3.8) is 0 Å². The Kier molecular flexibility index (Phi) is 3.88. The van der Waals surface area contributed by atoms with Crippen LogP contribution in [0.15, 0.2) is 18.2 Å². The number of aryl methyl sites for hydroxylation is 2. The van der Waals surface area contributed by atoms with Crippen molar-refractivity contribution >= 4 is 34.2 Å². The van der Waals surface area contributed by atoms with Crippen LogP contribution in [0, 0.1) is 0 Å². The molecule has 0 unspecified atom stereocenters. The lowest BCUT2D eigenvalue weighted by Crippen LogP contribution is -2.24. The number of aromatic nitrogens is 1. The largest absolute Gasteiger partial charge is 0.298 e. The van der Waals surface area contributed by atoms with Crippen molar-refractivity contribution in [3.05, 3.63) is 45.5 Å². The third kappa shape index (κ3) is 2.74. The van der Waals surface area contributed by atoms with Crippen molar-refractivity contribution in [2.75, 3.05) is 12.4 Å². The fourth-order valence-corrected chi connectivity index (χ4v) is 4.30. The molecule has 25 heavy (non-hydrogen) atoms. The van der Waals surface area contributed by atoms with E-state index in [0.29, 0.717) is 16.3 Å². The van der Waals surface area contributed by atoms with Crippen LogP contribution < -0.4 is 5.32 Å². The Labute approximate surface area is 148 Å². The summed E-state index contributed by atoms with van der Waals surface area (Å²) in [6.45, 7) is 0. The zero-order valence-electron chi connectivity index (χ0n) is 13.8. The van der Waals surface area contributed by atoms with Gasteiger partial charge in [-0.1, -0.05) is 6.42 Å². The Morgan fingerprint density at radius 1 is 1.12 bits per heavy atom. The molecule has 0 atom stereocenters. The van der Waals surface area contributed by atoms with Gasteiger partial charge in [-0.15, -0.1) is 11.3 Å². The second-order valence-electron chi connectivity index (χ2n) is 6.33. The van der Waals surface area contributed by atoms with Crippen LogP contribution in [0.4, 0.5) is 5.13 Å². The van der Waals surface area contributed by atoms with Crippen LogP contribution >= 0.6 is 11.3 Å². The zero-order chi connectivity index (χ0) is 17.6. The number of nitrogens with one attached hydrogen (secondary N) is 1. The molecule has 1 aliphatic heterocycles. The Morgan fingerprint density at radius 2 is 1.88 bits per heavy atom. The van der Waals surface area contributed by atoms with E-state index in [-0.39, 0.29) is 23.3 Å². The summed E-state index contributed by atoms with van der Waals surface area (Å²) in [5, 5.41) is 3.42. The molecule has 0 bridgehead atoms. The number of hydrogen-bond donors (Lipinski definition) is 1. The third-order valence-corrected chi connectivity index (χ3v) is 5.74. The van der Waals surface area contributed by atoms with Crippen molar-refractivity contribution in [1.29, 1.82) is 0 Å². The Balaban J connectivity index is 1.57. The van der Waals surface area contributed by atoms with Gasteiger partial charge in [0.2, 0.25) is 0 Å². The first kappa shape index (κ1) is 16.0. The van der Waals surface area contributed by atoms with E-state index in [1.54, 1.807) is 6.07 Å². The highest BCUT2D eigenvalue weighted by Crippen LogP contribution is 2.29. The van der Waals surface area contributed by atoms with Crippen molar-refractivity contribution in [3.8, 4) is 0 Å². The Hall–Kier alpha value is -2.54. The number of carbonyl (C=O) groups excluding carboxylic acids is 3. The highest BCUT2D eigenvalue weighted by atomic mass is 32.1. The van der Waals surface area contributed by atoms with Gasteiger partial charge in [-0.3, -0.25) is 24.6 Å². The van der Waals surface area contributed by atoms with Gasteiger partial charge in [-0.2, -0.15) is 0 Å². The molecule has 0 radical (unpaired) electrons. The molecule has 4 rings (SSSR count). The lowest BCUT2D eigenvalue weighted by molar-refractivity contribution is 0.0693. The minimum Gasteiger partial charge on any atom is -0.298 e. The van der Waals surface area contributed by atoms with Crippen LogP contribution in [-0.2, 0) is 12.8 Å². The molecule has 0 saturated heterocycles. The molecule has 1 aromatic carbocycles. The van der Waals surface area contributed by atoms with Crippen molar-refractivity contribution in [1.82, 2.24) is 9.88 Å². The van der Waals surface area contributed by atoms with Gasteiger partial charge in [0.1, 0.15) is 0 Å². The van der Waals surface area contributed by atoms with Crippen LogP contribution in [0.1, 0.15) is 60.9 Å². The van der Waals surface area contributed by atoms with Crippen LogP contribution in [0.3, 0.4) is 0 Å². The molecule has 3 amide bonds. The number of imide groups is 1. The zero-order valence-corrected chi connectivity index (χ0v) is 14.6. The number of amides is 3. The first-order valence-electron chi connectivity index (χ1n) is 8.31. The minimum atomic E-state index is -0.379. The smallest absolute Gasteiger partial charge is 0.261 e. The van der Waals surface area contributed by atoms with Gasteiger partial charge < -0.3 is 0 Å². The molecule has 1 aromatic heterocycles. The number of benzene rings is 1. The van der Waals surface area contributed by atoms with Crippen molar-refractivity contribution in [2.24, 2.45) is 0 Å². The maximum absolute atomic E-state index is 12.5. The number of rotatable bonds is 2. The van der Waals surface area contributed by atoms with E-state index >= 15 is 0 Å². The van der Waals surface area contributed by atoms with Crippen LogP contribution in [0.2, 0.25) is 0 Å². The molecule has 2 aromatic rings. The van der Waals surface area contributed by atoms with E-state index in [0.717, 1.165) is 36.3 Å². The SMILES string of the molecule is CN1C(=O)c2ccc(C(=O)Nc3nc4c(s3)CCCCC4)cc2C1=O. The Bertz CT molecular complexity index is 879. The summed E-state index contributed by atoms with van der Waals surface area (Å²) in [6, 6.07) is 4.58. The molecule has 0 fully saturated rings. The number of thiazole rings is 1. The molecule has 2 heterocycles. The van der Waals surface area contributed by atoms with Crippen LogP contribution in [-0.4, -0.2) is 34.7 Å². The van der Waals surface area contributed by atoms with Gasteiger partial charge in [0.15, 0.2) is 5.13 Å². The molecule has 7 heteroatoms. The lowest BCUT2D eigenvalue weighted by Gasteiger charge is -2.03. The quantitative estimate of drug-likeness (QED) is 0.664. The summed E-state index contributed by atoms with van der Waals surface area (Å²) in [5.41, 5.74) is 2.05. The first-order valence-corrected chi connectivity index (χ1v) is 9.12. The van der Waals surface area contributed by atoms with Gasteiger partial charge in [0, 0.05) is 17.5 Å². The number of nitrogens with zero attached hydrogens (tertiary/aromatic N) is 2.